The van der Waals surface area contributed by atoms with E-state index < -0.39 is 0 Å². The van der Waals surface area contributed by atoms with Gasteiger partial charge in [0, 0.05) is 6.61 Å². The summed E-state index contributed by atoms with van der Waals surface area (Å²) >= 11 is 0. The first kappa shape index (κ1) is 13.5. The van der Waals surface area contributed by atoms with Crippen molar-refractivity contribution in [3.8, 4) is 0 Å². The fraction of sp³-hybridized carbons (Fsp3) is 0.600. The standard InChI is InChI=1S/C15H23NO2/c1-11-6-12(2)8-13(7-11)15(16)10-17-9-14-4-3-5-18-14/h6-8,14-15H,3-5,9-10,16H2,1-2H3. The van der Waals surface area contributed by atoms with Gasteiger partial charge in [-0.25, -0.2) is 0 Å². The van der Waals surface area contributed by atoms with E-state index in [9.17, 15) is 0 Å². The lowest BCUT2D eigenvalue weighted by Gasteiger charge is -2.16. The van der Waals surface area contributed by atoms with E-state index in [0.29, 0.717) is 13.2 Å². The van der Waals surface area contributed by atoms with Crippen molar-refractivity contribution in [1.29, 1.82) is 0 Å². The highest BCUT2D eigenvalue weighted by Crippen LogP contribution is 2.17. The third-order valence-corrected chi connectivity index (χ3v) is 3.30. The van der Waals surface area contributed by atoms with Crippen LogP contribution in [0.15, 0.2) is 18.2 Å². The van der Waals surface area contributed by atoms with Crippen LogP contribution in [0.25, 0.3) is 0 Å². The summed E-state index contributed by atoms with van der Waals surface area (Å²) in [5.41, 5.74) is 9.80. The molecule has 100 valence electrons. The number of benzene rings is 1. The van der Waals surface area contributed by atoms with Crippen molar-refractivity contribution in [3.63, 3.8) is 0 Å². The lowest BCUT2D eigenvalue weighted by Crippen LogP contribution is -2.21. The molecule has 2 atom stereocenters. The molecule has 3 nitrogen and oxygen atoms in total. The maximum atomic E-state index is 6.15. The molecule has 0 spiro atoms. The monoisotopic (exact) mass is 249 g/mol. The molecule has 1 aliphatic heterocycles. The zero-order valence-electron chi connectivity index (χ0n) is 11.3. The highest BCUT2D eigenvalue weighted by Gasteiger charge is 2.16. The van der Waals surface area contributed by atoms with Gasteiger partial charge in [-0.05, 0) is 32.3 Å². The fourth-order valence-corrected chi connectivity index (χ4v) is 2.42. The van der Waals surface area contributed by atoms with Crippen LogP contribution in [0.4, 0.5) is 0 Å². The summed E-state index contributed by atoms with van der Waals surface area (Å²) in [5.74, 6) is 0. The SMILES string of the molecule is Cc1cc(C)cc(C(N)COCC2CCCO2)c1. The van der Waals surface area contributed by atoms with Crippen LogP contribution >= 0.6 is 0 Å². The van der Waals surface area contributed by atoms with E-state index in [1.165, 1.54) is 11.1 Å². The molecule has 0 bridgehead atoms. The molecule has 18 heavy (non-hydrogen) atoms. The zero-order chi connectivity index (χ0) is 13.0. The highest BCUT2D eigenvalue weighted by atomic mass is 16.5. The van der Waals surface area contributed by atoms with Crippen LogP contribution in [0.3, 0.4) is 0 Å². The van der Waals surface area contributed by atoms with Crippen molar-refractivity contribution in [2.24, 2.45) is 5.73 Å². The number of nitrogens with two attached hydrogens (primary N) is 1. The van der Waals surface area contributed by atoms with Crippen molar-refractivity contribution in [1.82, 2.24) is 0 Å². The van der Waals surface area contributed by atoms with Crippen LogP contribution in [0.2, 0.25) is 0 Å². The molecule has 1 fully saturated rings. The van der Waals surface area contributed by atoms with Crippen molar-refractivity contribution in [2.45, 2.75) is 38.8 Å². The molecule has 2 rings (SSSR count). The third-order valence-electron chi connectivity index (χ3n) is 3.30. The maximum absolute atomic E-state index is 6.15. The van der Waals surface area contributed by atoms with Gasteiger partial charge in [-0.15, -0.1) is 0 Å². The Hall–Kier alpha value is -0.900. The van der Waals surface area contributed by atoms with Crippen LogP contribution in [-0.4, -0.2) is 25.9 Å². The van der Waals surface area contributed by atoms with Crippen LogP contribution < -0.4 is 5.73 Å². The van der Waals surface area contributed by atoms with E-state index in [4.69, 9.17) is 15.2 Å². The van der Waals surface area contributed by atoms with E-state index >= 15 is 0 Å². The summed E-state index contributed by atoms with van der Waals surface area (Å²) in [6.07, 6.45) is 2.53. The Morgan fingerprint density at radius 2 is 2.06 bits per heavy atom. The molecule has 0 amide bonds. The Morgan fingerprint density at radius 3 is 2.67 bits per heavy atom. The fourth-order valence-electron chi connectivity index (χ4n) is 2.42. The molecule has 2 N–H and O–H groups in total. The lowest BCUT2D eigenvalue weighted by atomic mass is 10.0. The van der Waals surface area contributed by atoms with Crippen LogP contribution in [0.5, 0.6) is 0 Å². The van der Waals surface area contributed by atoms with Gasteiger partial charge >= 0.3 is 0 Å². The van der Waals surface area contributed by atoms with Crippen molar-refractivity contribution in [3.05, 3.63) is 34.9 Å². The van der Waals surface area contributed by atoms with E-state index in [1.54, 1.807) is 0 Å². The van der Waals surface area contributed by atoms with Gasteiger partial charge in [0.15, 0.2) is 0 Å². The van der Waals surface area contributed by atoms with Gasteiger partial charge in [0.05, 0.1) is 25.4 Å². The van der Waals surface area contributed by atoms with Gasteiger partial charge in [0.2, 0.25) is 0 Å². The molecule has 3 heteroatoms. The van der Waals surface area contributed by atoms with Crippen LogP contribution in [0.1, 0.15) is 35.6 Å². The zero-order valence-corrected chi connectivity index (χ0v) is 11.3. The first-order valence-electron chi connectivity index (χ1n) is 6.68. The Bertz CT molecular complexity index is 366. The number of hydrogen-bond acceptors (Lipinski definition) is 3. The topological polar surface area (TPSA) is 44.5 Å². The third kappa shape index (κ3) is 3.80. The van der Waals surface area contributed by atoms with Gasteiger partial charge < -0.3 is 15.2 Å². The summed E-state index contributed by atoms with van der Waals surface area (Å²) in [6, 6.07) is 6.37. The Labute approximate surface area is 109 Å². The van der Waals surface area contributed by atoms with E-state index in [0.717, 1.165) is 25.0 Å². The molecule has 1 aromatic rings. The lowest BCUT2D eigenvalue weighted by molar-refractivity contribution is 0.0129. The summed E-state index contributed by atoms with van der Waals surface area (Å²) in [7, 11) is 0. The molecule has 0 aromatic heterocycles. The molecular weight excluding hydrogens is 226 g/mol. The molecule has 0 aliphatic carbocycles. The van der Waals surface area contributed by atoms with Gasteiger partial charge in [0.25, 0.3) is 0 Å². The summed E-state index contributed by atoms with van der Waals surface area (Å²) < 4.78 is 11.2. The quantitative estimate of drug-likeness (QED) is 0.872. The average Bonchev–Trinajstić information content (AvgIpc) is 2.80. The predicted molar refractivity (Wildman–Crippen MR) is 72.6 cm³/mol. The largest absolute Gasteiger partial charge is 0.377 e. The maximum Gasteiger partial charge on any atom is 0.0809 e. The summed E-state index contributed by atoms with van der Waals surface area (Å²) in [5, 5.41) is 0. The number of aryl methyl sites for hydroxylation is 2. The van der Waals surface area contributed by atoms with Crippen molar-refractivity contribution >= 4 is 0 Å². The molecule has 1 saturated heterocycles. The minimum Gasteiger partial charge on any atom is -0.377 e. The van der Waals surface area contributed by atoms with Gasteiger partial charge in [-0.2, -0.15) is 0 Å². The summed E-state index contributed by atoms with van der Waals surface area (Å²) in [4.78, 5) is 0. The van der Waals surface area contributed by atoms with Crippen LogP contribution in [0, 0.1) is 13.8 Å². The summed E-state index contributed by atoms with van der Waals surface area (Å²) in [6.45, 7) is 6.28. The molecular formula is C15H23NO2. The smallest absolute Gasteiger partial charge is 0.0809 e. The normalized spacial score (nSPS) is 21.2. The molecule has 1 heterocycles. The van der Waals surface area contributed by atoms with E-state index in [2.05, 4.69) is 32.0 Å². The number of hydrogen-bond donors (Lipinski definition) is 1. The minimum absolute atomic E-state index is 0.0509. The first-order valence-corrected chi connectivity index (χ1v) is 6.68. The van der Waals surface area contributed by atoms with E-state index in [-0.39, 0.29) is 12.1 Å². The molecule has 2 unspecified atom stereocenters. The van der Waals surface area contributed by atoms with Gasteiger partial charge in [-0.1, -0.05) is 29.3 Å². The highest BCUT2D eigenvalue weighted by molar-refractivity contribution is 5.30. The number of rotatable bonds is 5. The predicted octanol–water partition coefficient (Wildman–Crippen LogP) is 2.50. The Kier molecular flexibility index (Phi) is 4.75. The van der Waals surface area contributed by atoms with Crippen molar-refractivity contribution < 1.29 is 9.47 Å². The van der Waals surface area contributed by atoms with E-state index in [1.807, 2.05) is 0 Å². The van der Waals surface area contributed by atoms with Crippen molar-refractivity contribution in [2.75, 3.05) is 19.8 Å². The van der Waals surface area contributed by atoms with Gasteiger partial charge in [-0.3, -0.25) is 0 Å². The first-order chi connectivity index (χ1) is 8.65. The second-order valence-corrected chi connectivity index (χ2v) is 5.20. The number of ether oxygens (including phenoxy) is 2. The Morgan fingerprint density at radius 1 is 1.33 bits per heavy atom. The second kappa shape index (κ2) is 6.32. The second-order valence-electron chi connectivity index (χ2n) is 5.20. The average molecular weight is 249 g/mol. The minimum atomic E-state index is -0.0509. The van der Waals surface area contributed by atoms with Crippen LogP contribution in [-0.2, 0) is 9.47 Å². The molecule has 1 aliphatic rings. The molecule has 1 aromatic carbocycles. The molecule has 0 saturated carbocycles. The molecule has 0 radical (unpaired) electrons. The van der Waals surface area contributed by atoms with Gasteiger partial charge in [0.1, 0.15) is 0 Å². The Balaban J connectivity index is 1.81.